The highest BCUT2D eigenvalue weighted by Crippen LogP contribution is 2.42. The number of rotatable bonds is 4. The lowest BCUT2D eigenvalue weighted by molar-refractivity contribution is -0.132. The maximum Gasteiger partial charge on any atom is 0.300 e. The lowest BCUT2D eigenvalue weighted by atomic mass is 9.94. The molecule has 0 radical (unpaired) electrons. The van der Waals surface area contributed by atoms with E-state index in [0.717, 1.165) is 4.90 Å². The monoisotopic (exact) mass is 415 g/mol. The second-order valence-electron chi connectivity index (χ2n) is 7.16. The Morgan fingerprint density at radius 2 is 1.48 bits per heavy atom. The summed E-state index contributed by atoms with van der Waals surface area (Å²) in [6.45, 7) is 1.42. The molecule has 0 spiro atoms. The number of aliphatic hydroxyl groups excluding tert-OH is 1. The number of hydrogen-bond donors (Lipinski definition) is 1. The second kappa shape index (κ2) is 7.99. The van der Waals surface area contributed by atoms with Crippen LogP contribution >= 0.6 is 0 Å². The van der Waals surface area contributed by atoms with Crippen LogP contribution in [0, 0.1) is 5.82 Å². The van der Waals surface area contributed by atoms with E-state index in [1.165, 1.54) is 49.4 Å². The lowest BCUT2D eigenvalue weighted by Gasteiger charge is -2.25. The van der Waals surface area contributed by atoms with E-state index in [2.05, 4.69) is 0 Å². The van der Waals surface area contributed by atoms with Crippen LogP contribution in [0.5, 0.6) is 0 Å². The molecule has 3 aromatic rings. The van der Waals surface area contributed by atoms with E-state index in [-0.39, 0.29) is 22.7 Å². The number of halogens is 1. The van der Waals surface area contributed by atoms with Crippen molar-refractivity contribution in [2.24, 2.45) is 0 Å². The molecule has 0 bridgehead atoms. The van der Waals surface area contributed by atoms with E-state index in [0.29, 0.717) is 16.8 Å². The van der Waals surface area contributed by atoms with Gasteiger partial charge in [-0.3, -0.25) is 19.3 Å². The van der Waals surface area contributed by atoms with Gasteiger partial charge in [0.15, 0.2) is 5.78 Å². The highest BCUT2D eigenvalue weighted by molar-refractivity contribution is 6.51. The highest BCUT2D eigenvalue weighted by Gasteiger charge is 2.47. The van der Waals surface area contributed by atoms with Crippen LogP contribution in [0.15, 0.2) is 84.4 Å². The van der Waals surface area contributed by atoms with Crippen LogP contribution in [0.1, 0.15) is 34.5 Å². The molecule has 4 rings (SSSR count). The summed E-state index contributed by atoms with van der Waals surface area (Å²) in [5, 5.41) is 10.9. The van der Waals surface area contributed by atoms with Crippen LogP contribution in [0.25, 0.3) is 5.76 Å². The lowest BCUT2D eigenvalue weighted by Crippen LogP contribution is -2.29. The predicted molar refractivity (Wildman–Crippen MR) is 114 cm³/mol. The molecule has 1 saturated heterocycles. The van der Waals surface area contributed by atoms with Gasteiger partial charge >= 0.3 is 0 Å². The Labute approximate surface area is 178 Å². The number of hydrogen-bond acceptors (Lipinski definition) is 4. The molecule has 0 aromatic heterocycles. The first-order valence-corrected chi connectivity index (χ1v) is 9.62. The molecule has 1 N–H and O–H groups in total. The molecule has 1 heterocycles. The van der Waals surface area contributed by atoms with Crippen molar-refractivity contribution < 1.29 is 23.9 Å². The van der Waals surface area contributed by atoms with Gasteiger partial charge in [-0.2, -0.15) is 0 Å². The van der Waals surface area contributed by atoms with Crippen LogP contribution < -0.4 is 4.90 Å². The minimum atomic E-state index is -1.16. The molecule has 0 unspecified atom stereocenters. The largest absolute Gasteiger partial charge is 0.507 e. The Hall–Kier alpha value is -4.06. The Morgan fingerprint density at radius 1 is 0.871 bits per heavy atom. The van der Waals surface area contributed by atoms with Crippen LogP contribution in [0.4, 0.5) is 10.1 Å². The number of aliphatic hydroxyl groups is 1. The van der Waals surface area contributed by atoms with E-state index in [1.807, 2.05) is 0 Å². The molecule has 154 valence electrons. The van der Waals surface area contributed by atoms with E-state index in [9.17, 15) is 23.9 Å². The number of carbonyl (C=O) groups excluding carboxylic acids is 3. The molecular weight excluding hydrogens is 397 g/mol. The highest BCUT2D eigenvalue weighted by atomic mass is 19.1. The summed E-state index contributed by atoms with van der Waals surface area (Å²) in [7, 11) is 0. The molecule has 1 aliphatic rings. The van der Waals surface area contributed by atoms with E-state index >= 15 is 0 Å². The van der Waals surface area contributed by atoms with Gasteiger partial charge in [0, 0.05) is 22.4 Å². The smallest absolute Gasteiger partial charge is 0.300 e. The maximum atomic E-state index is 14.8. The van der Waals surface area contributed by atoms with Gasteiger partial charge in [-0.05, 0) is 37.3 Å². The number of benzene rings is 3. The summed E-state index contributed by atoms with van der Waals surface area (Å²) in [6.07, 6.45) is 0. The number of nitrogens with zero attached hydrogens (tertiary/aromatic N) is 1. The van der Waals surface area contributed by atoms with E-state index in [1.54, 1.807) is 36.4 Å². The standard InChI is InChI=1S/C25H18FNO4/c1-15(28)16-11-13-18(14-12-16)27-22(19-9-5-6-10-20(19)26)21(24(30)25(27)31)23(29)17-7-3-2-4-8-17/h2-14,22,29H,1H3/t22-/m0/s1. The molecule has 0 aliphatic carbocycles. The molecule has 0 saturated carbocycles. The minimum Gasteiger partial charge on any atom is -0.507 e. The molecule has 1 fully saturated rings. The normalized spacial score (nSPS) is 17.7. The van der Waals surface area contributed by atoms with Gasteiger partial charge in [0.05, 0.1) is 11.6 Å². The van der Waals surface area contributed by atoms with Crippen molar-refractivity contribution in [3.8, 4) is 0 Å². The van der Waals surface area contributed by atoms with Crippen LogP contribution in [0.3, 0.4) is 0 Å². The van der Waals surface area contributed by atoms with Crippen LogP contribution in [0.2, 0.25) is 0 Å². The zero-order valence-electron chi connectivity index (χ0n) is 16.6. The summed E-state index contributed by atoms with van der Waals surface area (Å²) in [5.41, 5.74) is 0.972. The Kier molecular flexibility index (Phi) is 5.21. The zero-order valence-corrected chi connectivity index (χ0v) is 16.6. The molecular formula is C25H18FNO4. The van der Waals surface area contributed by atoms with Crippen molar-refractivity contribution in [2.75, 3.05) is 4.90 Å². The first-order valence-electron chi connectivity index (χ1n) is 9.62. The molecule has 1 atom stereocenters. The fourth-order valence-electron chi connectivity index (χ4n) is 3.70. The third-order valence-electron chi connectivity index (χ3n) is 5.24. The van der Waals surface area contributed by atoms with E-state index < -0.39 is 23.5 Å². The molecule has 31 heavy (non-hydrogen) atoms. The summed E-state index contributed by atoms with van der Waals surface area (Å²) in [5.74, 6) is -2.94. The van der Waals surface area contributed by atoms with Gasteiger partial charge in [0.2, 0.25) is 0 Å². The first kappa shape index (κ1) is 20.2. The minimum absolute atomic E-state index is 0.0785. The van der Waals surface area contributed by atoms with E-state index in [4.69, 9.17) is 0 Å². The van der Waals surface area contributed by atoms with Gasteiger partial charge in [-0.1, -0.05) is 48.5 Å². The van der Waals surface area contributed by atoms with Crippen LogP contribution in [-0.2, 0) is 9.59 Å². The van der Waals surface area contributed by atoms with Crippen molar-refractivity contribution in [1.29, 1.82) is 0 Å². The first-order chi connectivity index (χ1) is 14.9. The SMILES string of the molecule is CC(=O)c1ccc(N2C(=O)C(=O)C(=C(O)c3ccccc3)[C@@H]2c2ccccc2F)cc1. The Morgan fingerprint density at radius 3 is 2.10 bits per heavy atom. The second-order valence-corrected chi connectivity index (χ2v) is 7.16. The van der Waals surface area contributed by atoms with Crippen LogP contribution in [-0.4, -0.2) is 22.6 Å². The van der Waals surface area contributed by atoms with Gasteiger partial charge in [-0.15, -0.1) is 0 Å². The summed E-state index contributed by atoms with van der Waals surface area (Å²) < 4.78 is 14.8. The molecule has 1 aliphatic heterocycles. The number of carbonyl (C=O) groups is 3. The summed E-state index contributed by atoms with van der Waals surface area (Å²) in [4.78, 5) is 38.7. The summed E-state index contributed by atoms with van der Waals surface area (Å²) >= 11 is 0. The number of Topliss-reactive ketones (excluding diaryl/α,β-unsaturated/α-hetero) is 2. The fraction of sp³-hybridized carbons (Fsp3) is 0.0800. The fourth-order valence-corrected chi connectivity index (χ4v) is 3.70. The quantitative estimate of drug-likeness (QED) is 0.291. The van der Waals surface area contributed by atoms with Gasteiger partial charge in [0.1, 0.15) is 11.6 Å². The van der Waals surface area contributed by atoms with Crippen molar-refractivity contribution >= 4 is 28.9 Å². The summed E-state index contributed by atoms with van der Waals surface area (Å²) in [6, 6.07) is 19.1. The average Bonchev–Trinajstić information content (AvgIpc) is 3.04. The predicted octanol–water partition coefficient (Wildman–Crippen LogP) is 4.65. The van der Waals surface area contributed by atoms with Gasteiger partial charge in [-0.25, -0.2) is 4.39 Å². The van der Waals surface area contributed by atoms with Crippen molar-refractivity contribution in [3.63, 3.8) is 0 Å². The number of ketones is 2. The Bertz CT molecular complexity index is 1220. The zero-order chi connectivity index (χ0) is 22.1. The van der Waals surface area contributed by atoms with Gasteiger partial charge in [0.25, 0.3) is 11.7 Å². The van der Waals surface area contributed by atoms with Gasteiger partial charge < -0.3 is 5.11 Å². The average molecular weight is 415 g/mol. The molecule has 6 heteroatoms. The van der Waals surface area contributed by atoms with Crippen molar-refractivity contribution in [3.05, 3.63) is 107 Å². The number of anilines is 1. The number of amides is 1. The topological polar surface area (TPSA) is 74.7 Å². The van der Waals surface area contributed by atoms with Crippen molar-refractivity contribution in [2.45, 2.75) is 13.0 Å². The Balaban J connectivity index is 1.94. The third kappa shape index (κ3) is 3.53. The van der Waals surface area contributed by atoms with Crippen molar-refractivity contribution in [1.82, 2.24) is 0 Å². The molecule has 3 aromatic carbocycles. The maximum absolute atomic E-state index is 14.8. The molecule has 5 nitrogen and oxygen atoms in total. The third-order valence-corrected chi connectivity index (χ3v) is 5.24. The molecule has 1 amide bonds.